The molecule has 5 nitrogen and oxygen atoms in total. The van der Waals surface area contributed by atoms with Gasteiger partial charge in [0.2, 0.25) is 0 Å². The van der Waals surface area contributed by atoms with Crippen LogP contribution in [-0.4, -0.2) is 24.5 Å². The van der Waals surface area contributed by atoms with Gasteiger partial charge in [0.1, 0.15) is 0 Å². The molecule has 1 saturated heterocycles. The van der Waals surface area contributed by atoms with Crippen LogP contribution in [0.1, 0.15) is 40.4 Å². The normalized spacial score (nSPS) is 18.1. The summed E-state index contributed by atoms with van der Waals surface area (Å²) in [7, 11) is 0. The molecule has 1 N–H and O–H groups in total. The van der Waals surface area contributed by atoms with E-state index in [0.717, 1.165) is 22.2 Å². The van der Waals surface area contributed by atoms with Crippen LogP contribution in [0.2, 0.25) is 0 Å². The standard InChI is InChI=1S/C26H25N5S/c1-18-16-22(19(2)31(18)21-11-4-3-5-12-21)25-24(23-13-7-9-15-28-23)29-26(32)30(25)17-20-10-6-8-14-27-20/h3-16,24-25H,17H2,1-2H3,(H,29,32)/t24-,25+/m1/s1. The van der Waals surface area contributed by atoms with Gasteiger partial charge in [-0.1, -0.05) is 30.3 Å². The Morgan fingerprint density at radius 3 is 2.31 bits per heavy atom. The van der Waals surface area contributed by atoms with Crippen LogP contribution in [0.4, 0.5) is 0 Å². The van der Waals surface area contributed by atoms with Crippen molar-refractivity contribution in [1.29, 1.82) is 0 Å². The van der Waals surface area contributed by atoms with E-state index in [9.17, 15) is 0 Å². The first-order valence-electron chi connectivity index (χ1n) is 10.8. The minimum absolute atomic E-state index is 0.00284. The number of rotatable bonds is 5. The number of pyridine rings is 2. The monoisotopic (exact) mass is 439 g/mol. The molecule has 0 bridgehead atoms. The maximum Gasteiger partial charge on any atom is 0.170 e. The van der Waals surface area contributed by atoms with E-state index in [1.54, 1.807) is 0 Å². The minimum atomic E-state index is -0.0443. The van der Waals surface area contributed by atoms with Crippen molar-refractivity contribution in [2.75, 3.05) is 0 Å². The molecular formula is C26H25N5S. The van der Waals surface area contributed by atoms with Crippen molar-refractivity contribution in [2.24, 2.45) is 0 Å². The summed E-state index contributed by atoms with van der Waals surface area (Å²) < 4.78 is 2.31. The zero-order valence-electron chi connectivity index (χ0n) is 18.1. The van der Waals surface area contributed by atoms with Gasteiger partial charge < -0.3 is 14.8 Å². The van der Waals surface area contributed by atoms with Crippen LogP contribution in [0, 0.1) is 13.8 Å². The van der Waals surface area contributed by atoms with Crippen molar-refractivity contribution in [3.8, 4) is 5.69 Å². The average molecular weight is 440 g/mol. The van der Waals surface area contributed by atoms with Gasteiger partial charge in [-0.3, -0.25) is 9.97 Å². The fraction of sp³-hybridized carbons (Fsp3) is 0.192. The van der Waals surface area contributed by atoms with Crippen LogP contribution in [-0.2, 0) is 6.54 Å². The van der Waals surface area contributed by atoms with Crippen molar-refractivity contribution in [3.63, 3.8) is 0 Å². The van der Waals surface area contributed by atoms with E-state index in [-0.39, 0.29) is 12.1 Å². The molecule has 32 heavy (non-hydrogen) atoms. The second-order valence-corrected chi connectivity index (χ2v) is 8.46. The lowest BCUT2D eigenvalue weighted by atomic mass is 9.96. The van der Waals surface area contributed by atoms with Crippen molar-refractivity contribution in [3.05, 3.63) is 114 Å². The molecule has 0 aliphatic carbocycles. The zero-order chi connectivity index (χ0) is 22.1. The highest BCUT2D eigenvalue weighted by Gasteiger charge is 2.41. The van der Waals surface area contributed by atoms with Gasteiger partial charge in [-0.05, 0) is 74.1 Å². The van der Waals surface area contributed by atoms with E-state index in [2.05, 4.69) is 75.0 Å². The first kappa shape index (κ1) is 20.4. The molecule has 0 amide bonds. The first-order valence-corrected chi connectivity index (χ1v) is 11.2. The molecule has 6 heteroatoms. The molecule has 0 saturated carbocycles. The Balaban J connectivity index is 1.62. The second-order valence-electron chi connectivity index (χ2n) is 8.07. The summed E-state index contributed by atoms with van der Waals surface area (Å²) in [6.45, 7) is 4.98. The first-order chi connectivity index (χ1) is 15.6. The van der Waals surface area contributed by atoms with Crippen LogP contribution < -0.4 is 5.32 Å². The number of hydrogen-bond acceptors (Lipinski definition) is 3. The summed E-state index contributed by atoms with van der Waals surface area (Å²) in [5.74, 6) is 0. The molecule has 1 aliphatic heterocycles. The van der Waals surface area contributed by atoms with E-state index >= 15 is 0 Å². The number of benzene rings is 1. The fourth-order valence-corrected chi connectivity index (χ4v) is 4.95. The molecular weight excluding hydrogens is 414 g/mol. The lowest BCUT2D eigenvalue weighted by molar-refractivity contribution is 0.307. The highest BCUT2D eigenvalue weighted by Crippen LogP contribution is 2.42. The predicted octanol–water partition coefficient (Wildman–Crippen LogP) is 5.06. The van der Waals surface area contributed by atoms with Crippen LogP contribution in [0.3, 0.4) is 0 Å². The number of nitrogens with zero attached hydrogens (tertiary/aromatic N) is 4. The van der Waals surface area contributed by atoms with Crippen LogP contribution in [0.5, 0.6) is 0 Å². The summed E-state index contributed by atoms with van der Waals surface area (Å²) in [6, 6.07) is 24.7. The highest BCUT2D eigenvalue weighted by atomic mass is 32.1. The lowest BCUT2D eigenvalue weighted by Gasteiger charge is -2.28. The zero-order valence-corrected chi connectivity index (χ0v) is 19.0. The van der Waals surface area contributed by atoms with Crippen LogP contribution in [0.25, 0.3) is 5.69 Å². The topological polar surface area (TPSA) is 46.0 Å². The van der Waals surface area contributed by atoms with Crippen LogP contribution >= 0.6 is 12.2 Å². The average Bonchev–Trinajstić information content (AvgIpc) is 3.30. The number of hydrogen-bond donors (Lipinski definition) is 1. The third-order valence-corrected chi connectivity index (χ3v) is 6.41. The Morgan fingerprint density at radius 2 is 1.62 bits per heavy atom. The summed E-state index contributed by atoms with van der Waals surface area (Å²) >= 11 is 5.82. The van der Waals surface area contributed by atoms with E-state index in [1.165, 1.54) is 17.0 Å². The highest BCUT2D eigenvalue weighted by molar-refractivity contribution is 7.80. The Kier molecular flexibility index (Phi) is 5.45. The third-order valence-electron chi connectivity index (χ3n) is 6.06. The Hall–Kier alpha value is -3.51. The van der Waals surface area contributed by atoms with Gasteiger partial charge in [-0.15, -0.1) is 0 Å². The van der Waals surface area contributed by atoms with Gasteiger partial charge in [-0.2, -0.15) is 0 Å². The maximum atomic E-state index is 5.82. The Morgan fingerprint density at radius 1 is 0.906 bits per heavy atom. The predicted molar refractivity (Wildman–Crippen MR) is 130 cm³/mol. The molecule has 5 rings (SSSR count). The van der Waals surface area contributed by atoms with Crippen molar-refractivity contribution in [2.45, 2.75) is 32.5 Å². The van der Waals surface area contributed by atoms with Gasteiger partial charge in [0.15, 0.2) is 5.11 Å². The van der Waals surface area contributed by atoms with Crippen molar-refractivity contribution >= 4 is 17.3 Å². The largest absolute Gasteiger partial charge is 0.352 e. The van der Waals surface area contributed by atoms with Gasteiger partial charge in [-0.25, -0.2) is 0 Å². The summed E-state index contributed by atoms with van der Waals surface area (Å²) in [5, 5.41) is 4.27. The molecule has 4 aromatic rings. The van der Waals surface area contributed by atoms with Crippen molar-refractivity contribution < 1.29 is 0 Å². The number of nitrogens with one attached hydrogen (secondary N) is 1. The molecule has 3 aromatic heterocycles. The molecule has 4 heterocycles. The molecule has 1 aromatic carbocycles. The fourth-order valence-electron chi connectivity index (χ4n) is 4.64. The quantitative estimate of drug-likeness (QED) is 0.441. The number of para-hydroxylation sites is 1. The third kappa shape index (κ3) is 3.67. The summed E-state index contributed by atoms with van der Waals surface area (Å²) in [4.78, 5) is 11.4. The van der Waals surface area contributed by atoms with Gasteiger partial charge in [0.25, 0.3) is 0 Å². The van der Waals surface area contributed by atoms with E-state index in [4.69, 9.17) is 12.2 Å². The second kappa shape index (κ2) is 8.55. The Labute approximate surface area is 193 Å². The van der Waals surface area contributed by atoms with Gasteiger partial charge >= 0.3 is 0 Å². The molecule has 1 aliphatic rings. The van der Waals surface area contributed by atoms with Gasteiger partial charge in [0, 0.05) is 29.5 Å². The number of aryl methyl sites for hydroxylation is 1. The summed E-state index contributed by atoms with van der Waals surface area (Å²) in [5.41, 5.74) is 6.77. The molecule has 2 atom stereocenters. The van der Waals surface area contributed by atoms with Crippen molar-refractivity contribution in [1.82, 2.24) is 24.8 Å². The smallest absolute Gasteiger partial charge is 0.170 e. The lowest BCUT2D eigenvalue weighted by Crippen LogP contribution is -2.29. The number of aromatic nitrogens is 3. The maximum absolute atomic E-state index is 5.82. The SMILES string of the molecule is Cc1cc([C@H]2[C@@H](c3ccccn3)NC(=S)N2Cc2ccccn2)c(C)n1-c1ccccc1. The van der Waals surface area contributed by atoms with E-state index in [0.29, 0.717) is 6.54 Å². The molecule has 0 unspecified atom stereocenters. The van der Waals surface area contributed by atoms with E-state index in [1.807, 2.05) is 48.8 Å². The van der Waals surface area contributed by atoms with E-state index < -0.39 is 0 Å². The molecule has 0 spiro atoms. The minimum Gasteiger partial charge on any atom is -0.352 e. The molecule has 160 valence electrons. The summed E-state index contributed by atoms with van der Waals surface area (Å²) in [6.07, 6.45) is 3.67. The Bertz CT molecular complexity index is 1220. The molecule has 0 radical (unpaired) electrons. The molecule has 1 fully saturated rings. The number of thiocarbonyl (C=S) groups is 1. The van der Waals surface area contributed by atoms with Crippen LogP contribution in [0.15, 0.2) is 85.2 Å². The van der Waals surface area contributed by atoms with Gasteiger partial charge in [0.05, 0.1) is 30.0 Å².